The van der Waals surface area contributed by atoms with Gasteiger partial charge in [-0.15, -0.1) is 21.5 Å². The molecule has 6 rings (SSSR count). The van der Waals surface area contributed by atoms with Gasteiger partial charge in [-0.25, -0.2) is 18.4 Å². The van der Waals surface area contributed by atoms with E-state index in [1.165, 1.54) is 64.9 Å². The van der Waals surface area contributed by atoms with Crippen molar-refractivity contribution in [2.45, 2.75) is 21.0 Å². The molecule has 19 heteroatoms. The van der Waals surface area contributed by atoms with Crippen LogP contribution in [0.4, 0.5) is 10.8 Å². The molecule has 0 spiro atoms. The van der Waals surface area contributed by atoms with Gasteiger partial charge in [0.25, 0.3) is 20.8 Å². The number of hydrogen-bond donors (Lipinski definition) is 3. The van der Waals surface area contributed by atoms with Gasteiger partial charge in [0.2, 0.25) is 11.8 Å². The molecule has 0 aliphatic rings. The van der Waals surface area contributed by atoms with E-state index in [4.69, 9.17) is 16.6 Å². The van der Waals surface area contributed by atoms with Crippen LogP contribution >= 0.6 is 58.4 Å². The van der Waals surface area contributed by atoms with E-state index in [-0.39, 0.29) is 44.1 Å². The van der Waals surface area contributed by atoms with Crippen molar-refractivity contribution >= 4 is 95.5 Å². The van der Waals surface area contributed by atoms with Crippen molar-refractivity contribution in [3.8, 4) is 5.69 Å². The monoisotopic (exact) mass is 702 g/mol. The summed E-state index contributed by atoms with van der Waals surface area (Å²) in [7, 11) is -3.79. The molecule has 224 valence electrons. The van der Waals surface area contributed by atoms with E-state index in [9.17, 15) is 18.0 Å². The number of aromatic nitrogens is 6. The summed E-state index contributed by atoms with van der Waals surface area (Å²) >= 11 is 10.1. The zero-order valence-electron chi connectivity index (χ0n) is 22.0. The Balaban J connectivity index is 1.03. The lowest BCUT2D eigenvalue weighted by Crippen LogP contribution is -2.15. The number of benzene rings is 2. The summed E-state index contributed by atoms with van der Waals surface area (Å²) in [4.78, 5) is 36.5. The van der Waals surface area contributed by atoms with Gasteiger partial charge in [-0.3, -0.25) is 18.9 Å². The average Bonchev–Trinajstić information content (AvgIpc) is 3.76. The largest absolute Gasteiger partial charge is 0.415 e. The van der Waals surface area contributed by atoms with Gasteiger partial charge in [0.15, 0.2) is 19.9 Å². The van der Waals surface area contributed by atoms with Gasteiger partial charge in [-0.05, 0) is 48.6 Å². The van der Waals surface area contributed by atoms with Crippen LogP contribution in [0.3, 0.4) is 0 Å². The first-order chi connectivity index (χ1) is 21.2. The molecular formula is C25H18N8O5S6. The highest BCUT2D eigenvalue weighted by atomic mass is 32.2. The Morgan fingerprint density at radius 1 is 1.09 bits per heavy atom. The van der Waals surface area contributed by atoms with Crippen molar-refractivity contribution < 1.29 is 17.6 Å². The molecule has 0 radical (unpaired) electrons. The fourth-order valence-electron chi connectivity index (χ4n) is 3.74. The smallest absolute Gasteiger partial charge is 0.277 e. The number of aromatic amines is 1. The molecule has 0 unspecified atom stereocenters. The number of hydrogen-bond acceptors (Lipinski definition) is 14. The van der Waals surface area contributed by atoms with E-state index in [1.54, 1.807) is 9.95 Å². The number of sulfonamides is 1. The minimum absolute atomic E-state index is 0.0208. The average molecular weight is 703 g/mol. The molecule has 13 nitrogen and oxygen atoms in total. The van der Waals surface area contributed by atoms with E-state index in [2.05, 4.69) is 35.2 Å². The van der Waals surface area contributed by atoms with Crippen molar-refractivity contribution in [3.05, 3.63) is 86.4 Å². The van der Waals surface area contributed by atoms with Gasteiger partial charge in [0.1, 0.15) is 4.70 Å². The Hall–Kier alpha value is -3.88. The number of thiazole rings is 2. The summed E-state index contributed by atoms with van der Waals surface area (Å²) in [6, 6.07) is 15.2. The maximum atomic E-state index is 12.7. The van der Waals surface area contributed by atoms with Gasteiger partial charge in [-0.2, -0.15) is 0 Å². The Morgan fingerprint density at radius 2 is 1.89 bits per heavy atom. The van der Waals surface area contributed by atoms with Crippen LogP contribution in [-0.2, 0) is 20.6 Å². The number of carbonyl (C=O) groups is 1. The maximum absolute atomic E-state index is 12.7. The third-order valence-electron chi connectivity index (χ3n) is 5.65. The second-order valence-corrected chi connectivity index (χ2v) is 14.7. The number of anilines is 2. The quantitative estimate of drug-likeness (QED) is 0.0918. The predicted molar refractivity (Wildman–Crippen MR) is 173 cm³/mol. The van der Waals surface area contributed by atoms with Crippen molar-refractivity contribution in [1.82, 2.24) is 29.7 Å². The maximum Gasteiger partial charge on any atom is 0.277 e. The lowest BCUT2D eigenvalue weighted by atomic mass is 10.3. The lowest BCUT2D eigenvalue weighted by molar-refractivity contribution is -0.113. The van der Waals surface area contributed by atoms with Crippen LogP contribution in [-0.4, -0.2) is 49.8 Å². The SMILES string of the molecule is O=C(CSc1nnc(CSc2nc3c(sc(=S)n3-c3ccccc3)c(=O)[nH]2)o1)Nc1ccc(S(=O)(=O)Nc2nccs2)cc1. The molecule has 2 aromatic carbocycles. The predicted octanol–water partition coefficient (Wildman–Crippen LogP) is 5.17. The first-order valence-electron chi connectivity index (χ1n) is 12.4. The molecule has 0 saturated carbocycles. The molecule has 0 atom stereocenters. The van der Waals surface area contributed by atoms with Crippen molar-refractivity contribution in [3.63, 3.8) is 0 Å². The Bertz CT molecular complexity index is 2160. The first-order valence-corrected chi connectivity index (χ1v) is 17.9. The van der Waals surface area contributed by atoms with Crippen LogP contribution < -0.4 is 15.6 Å². The number of amides is 1. The number of para-hydroxylation sites is 1. The number of carbonyl (C=O) groups excluding carboxylic acids is 1. The molecule has 4 aromatic heterocycles. The van der Waals surface area contributed by atoms with Crippen LogP contribution in [0.2, 0.25) is 0 Å². The molecular weight excluding hydrogens is 685 g/mol. The fraction of sp³-hybridized carbons (Fsp3) is 0.0800. The van der Waals surface area contributed by atoms with E-state index >= 15 is 0 Å². The Labute approximate surface area is 270 Å². The summed E-state index contributed by atoms with van der Waals surface area (Å²) < 4.78 is 35.7. The molecule has 0 bridgehead atoms. The highest BCUT2D eigenvalue weighted by molar-refractivity contribution is 7.99. The zero-order chi connectivity index (χ0) is 30.7. The number of thioether (sulfide) groups is 2. The third kappa shape index (κ3) is 6.92. The van der Waals surface area contributed by atoms with Gasteiger partial charge in [0, 0.05) is 23.0 Å². The van der Waals surface area contributed by atoms with E-state index in [1.807, 2.05) is 30.3 Å². The van der Waals surface area contributed by atoms with Gasteiger partial charge in [0.05, 0.1) is 16.4 Å². The highest BCUT2D eigenvalue weighted by Gasteiger charge is 2.17. The zero-order valence-corrected chi connectivity index (χ0v) is 26.9. The third-order valence-corrected chi connectivity index (χ3v) is 10.9. The van der Waals surface area contributed by atoms with Gasteiger partial charge < -0.3 is 14.7 Å². The Morgan fingerprint density at radius 3 is 2.64 bits per heavy atom. The van der Waals surface area contributed by atoms with E-state index in [0.29, 0.717) is 25.1 Å². The van der Waals surface area contributed by atoms with Crippen LogP contribution in [0.5, 0.6) is 0 Å². The second-order valence-electron chi connectivity index (χ2n) is 8.62. The highest BCUT2D eigenvalue weighted by Crippen LogP contribution is 2.27. The second kappa shape index (κ2) is 13.0. The molecule has 0 saturated heterocycles. The number of rotatable bonds is 11. The standard InChI is InChI=1S/C25H18N8O5S6/c34-17(27-14-6-8-16(9-7-14)44(36,37)32-22-26-10-11-40-22)12-42-24-31-30-18(38-24)13-41-23-28-20-19(21(35)29-23)43-25(39)33(20)15-4-2-1-3-5-15/h1-11H,12-13H2,(H,26,32)(H,27,34)(H,28,29,35). The molecule has 0 fully saturated rings. The lowest BCUT2D eigenvalue weighted by Gasteiger charge is -2.07. The van der Waals surface area contributed by atoms with Crippen molar-refractivity contribution in [2.24, 2.45) is 0 Å². The summed E-state index contributed by atoms with van der Waals surface area (Å²) in [6.07, 6.45) is 1.50. The number of nitrogens with one attached hydrogen (secondary N) is 3. The van der Waals surface area contributed by atoms with Crippen molar-refractivity contribution in [1.29, 1.82) is 0 Å². The first kappa shape index (κ1) is 30.2. The minimum Gasteiger partial charge on any atom is -0.415 e. The normalized spacial score (nSPS) is 11.5. The molecule has 0 aliphatic carbocycles. The van der Waals surface area contributed by atoms with Gasteiger partial charge >= 0.3 is 0 Å². The number of fused-ring (bicyclic) bond motifs is 1. The van der Waals surface area contributed by atoms with Crippen LogP contribution in [0.15, 0.2) is 90.7 Å². The number of H-pyrrole nitrogens is 1. The number of nitrogens with zero attached hydrogens (tertiary/aromatic N) is 5. The summed E-state index contributed by atoms with van der Waals surface area (Å²) in [5.74, 6) is 0.151. The van der Waals surface area contributed by atoms with E-state index < -0.39 is 10.0 Å². The molecule has 4 heterocycles. The van der Waals surface area contributed by atoms with Gasteiger partial charge in [-0.1, -0.05) is 53.1 Å². The topological polar surface area (TPSA) is 178 Å². The molecule has 1 amide bonds. The van der Waals surface area contributed by atoms with Crippen LogP contribution in [0.1, 0.15) is 5.89 Å². The summed E-state index contributed by atoms with van der Waals surface area (Å²) in [6.45, 7) is 0. The van der Waals surface area contributed by atoms with E-state index in [0.717, 1.165) is 17.4 Å². The van der Waals surface area contributed by atoms with Crippen LogP contribution in [0.25, 0.3) is 16.0 Å². The van der Waals surface area contributed by atoms with Crippen LogP contribution in [0, 0.1) is 3.95 Å². The fourth-order valence-corrected chi connectivity index (χ4v) is 8.07. The molecule has 6 aromatic rings. The minimum atomic E-state index is -3.79. The summed E-state index contributed by atoms with van der Waals surface area (Å²) in [5.41, 5.74) is 1.41. The molecule has 44 heavy (non-hydrogen) atoms. The molecule has 3 N–H and O–H groups in total. The molecule has 0 aliphatic heterocycles. The Kier molecular flexibility index (Phi) is 8.91. The summed E-state index contributed by atoms with van der Waals surface area (Å²) in [5, 5.41) is 13.2. The van der Waals surface area contributed by atoms with Crippen molar-refractivity contribution in [2.75, 3.05) is 15.8 Å².